The summed E-state index contributed by atoms with van der Waals surface area (Å²) in [6.07, 6.45) is 1.34. The molecule has 0 spiro atoms. The molecule has 2 atom stereocenters. The molecule has 0 saturated carbocycles. The Bertz CT molecular complexity index is 1450. The molecule has 1 saturated heterocycles. The molecule has 2 aromatic heterocycles. The molecule has 2 amide bonds. The number of carbonyl (C=O) groups is 2. The van der Waals surface area contributed by atoms with Gasteiger partial charge in [-0.2, -0.15) is 15.0 Å². The Morgan fingerprint density at radius 3 is 2.76 bits per heavy atom. The number of nitrogens with zero attached hydrogens (tertiary/aromatic N) is 7. The van der Waals surface area contributed by atoms with Crippen molar-refractivity contribution in [1.82, 2.24) is 40.2 Å². The molecule has 0 aliphatic carbocycles. The number of rotatable bonds is 3. The lowest BCUT2D eigenvalue weighted by Gasteiger charge is -2.20. The molecule has 1 fully saturated rings. The van der Waals surface area contributed by atoms with E-state index in [0.29, 0.717) is 42.5 Å². The van der Waals surface area contributed by atoms with Crippen LogP contribution in [0.5, 0.6) is 11.5 Å². The summed E-state index contributed by atoms with van der Waals surface area (Å²) in [5.41, 5.74) is 2.49. The van der Waals surface area contributed by atoms with Crippen LogP contribution in [-0.2, 0) is 29.2 Å². The Morgan fingerprint density at radius 1 is 1.16 bits per heavy atom. The highest BCUT2D eigenvalue weighted by Gasteiger charge is 2.37. The third-order valence-electron chi connectivity index (χ3n) is 6.58. The third kappa shape index (κ3) is 4.87. The number of methoxy groups -OCH3 is 1. The lowest BCUT2D eigenvalue weighted by Crippen LogP contribution is -2.44. The zero-order chi connectivity index (χ0) is 26.1. The Labute approximate surface area is 217 Å². The van der Waals surface area contributed by atoms with Crippen LogP contribution in [-0.4, -0.2) is 85.7 Å². The van der Waals surface area contributed by atoms with E-state index < -0.39 is 12.1 Å². The van der Waals surface area contributed by atoms with E-state index in [9.17, 15) is 9.59 Å². The molecule has 4 aromatic rings. The Balaban J connectivity index is 1.23. The maximum Gasteiger partial charge on any atom is 0.251 e. The number of likely N-dealkylation sites (tertiary alicyclic amines) is 1. The van der Waals surface area contributed by atoms with Crippen LogP contribution in [0, 0.1) is 0 Å². The standard InChI is InChI=1S/C25H26N8O5/c1-36-21-7-6-16-10-22(21)37-9-8-32-11-17(27-30-32)15-38-23-13-31(12-20(23)26-25(16)35)24(34)14-33-28-18-4-2-3-5-19(18)29-33/h2-7,10-11,20,23H,8-9,12-15H2,1H3,(H,26,35)/t20-,23-/m0/s1. The van der Waals surface area contributed by atoms with E-state index in [2.05, 4.69) is 25.8 Å². The molecule has 2 aromatic carbocycles. The fraction of sp³-hybridized carbons (Fsp3) is 0.360. The number of amides is 2. The first-order valence-corrected chi connectivity index (χ1v) is 12.3. The minimum absolute atomic E-state index is 0.0183. The molecule has 13 nitrogen and oxygen atoms in total. The van der Waals surface area contributed by atoms with Crippen molar-refractivity contribution in [3.05, 3.63) is 59.9 Å². The zero-order valence-electron chi connectivity index (χ0n) is 20.7. The van der Waals surface area contributed by atoms with E-state index in [-0.39, 0.29) is 31.5 Å². The Hall–Kier alpha value is -4.52. The van der Waals surface area contributed by atoms with Crippen molar-refractivity contribution in [2.75, 3.05) is 26.8 Å². The molecule has 2 aliphatic heterocycles. The maximum absolute atomic E-state index is 13.2. The van der Waals surface area contributed by atoms with Gasteiger partial charge < -0.3 is 24.4 Å². The number of hydrogen-bond acceptors (Lipinski definition) is 9. The Kier molecular flexibility index (Phi) is 6.33. The highest BCUT2D eigenvalue weighted by atomic mass is 16.5. The first kappa shape index (κ1) is 23.9. The van der Waals surface area contributed by atoms with Gasteiger partial charge in [0.25, 0.3) is 5.91 Å². The molecular weight excluding hydrogens is 492 g/mol. The molecule has 13 heteroatoms. The molecule has 38 heavy (non-hydrogen) atoms. The van der Waals surface area contributed by atoms with Crippen LogP contribution in [0.1, 0.15) is 16.1 Å². The van der Waals surface area contributed by atoms with Crippen LogP contribution in [0.15, 0.2) is 48.7 Å². The van der Waals surface area contributed by atoms with Gasteiger partial charge in [-0.15, -0.1) is 5.10 Å². The van der Waals surface area contributed by atoms with Crippen LogP contribution in [0.3, 0.4) is 0 Å². The molecule has 2 aliphatic rings. The molecule has 1 N–H and O–H groups in total. The van der Waals surface area contributed by atoms with E-state index in [4.69, 9.17) is 14.2 Å². The molecule has 6 rings (SSSR count). The zero-order valence-corrected chi connectivity index (χ0v) is 20.7. The molecule has 4 heterocycles. The first-order chi connectivity index (χ1) is 18.6. The average Bonchev–Trinajstić information content (AvgIpc) is 3.65. The maximum atomic E-state index is 13.2. The summed E-state index contributed by atoms with van der Waals surface area (Å²) < 4.78 is 19.1. The number of fused-ring (bicyclic) bond motifs is 6. The first-order valence-electron chi connectivity index (χ1n) is 12.3. The molecule has 4 bridgehead atoms. The van der Waals surface area contributed by atoms with Gasteiger partial charge >= 0.3 is 0 Å². The Morgan fingerprint density at radius 2 is 1.97 bits per heavy atom. The molecular formula is C25H26N8O5. The summed E-state index contributed by atoms with van der Waals surface area (Å²) >= 11 is 0. The van der Waals surface area contributed by atoms with E-state index in [1.54, 1.807) is 41.1 Å². The summed E-state index contributed by atoms with van der Waals surface area (Å²) in [5, 5.41) is 20.1. The van der Waals surface area contributed by atoms with Crippen LogP contribution >= 0.6 is 0 Å². The lowest BCUT2D eigenvalue weighted by atomic mass is 10.1. The van der Waals surface area contributed by atoms with Crippen molar-refractivity contribution in [3.8, 4) is 11.5 Å². The monoisotopic (exact) mass is 518 g/mol. The molecule has 0 radical (unpaired) electrons. The van der Waals surface area contributed by atoms with E-state index in [1.807, 2.05) is 24.3 Å². The fourth-order valence-corrected chi connectivity index (χ4v) is 4.62. The predicted molar refractivity (Wildman–Crippen MR) is 132 cm³/mol. The summed E-state index contributed by atoms with van der Waals surface area (Å²) in [5.74, 6) is 0.495. The van der Waals surface area contributed by atoms with Gasteiger partial charge in [0, 0.05) is 18.7 Å². The van der Waals surface area contributed by atoms with Gasteiger partial charge in [0.05, 0.1) is 38.6 Å². The molecule has 196 valence electrons. The van der Waals surface area contributed by atoms with Gasteiger partial charge in [-0.25, -0.2) is 4.68 Å². The van der Waals surface area contributed by atoms with Gasteiger partial charge in [0.15, 0.2) is 11.5 Å². The van der Waals surface area contributed by atoms with Crippen LogP contribution in [0.4, 0.5) is 0 Å². The summed E-state index contributed by atoms with van der Waals surface area (Å²) in [6.45, 7) is 1.52. The number of carbonyl (C=O) groups excluding carboxylic acids is 2. The van der Waals surface area contributed by atoms with Crippen molar-refractivity contribution >= 4 is 22.8 Å². The van der Waals surface area contributed by atoms with Gasteiger partial charge in [-0.1, -0.05) is 17.3 Å². The van der Waals surface area contributed by atoms with Crippen molar-refractivity contribution in [2.45, 2.75) is 31.8 Å². The largest absolute Gasteiger partial charge is 0.493 e. The highest BCUT2D eigenvalue weighted by molar-refractivity contribution is 5.95. The van der Waals surface area contributed by atoms with Gasteiger partial charge in [-0.05, 0) is 30.3 Å². The second kappa shape index (κ2) is 10.1. The topological polar surface area (TPSA) is 139 Å². The van der Waals surface area contributed by atoms with Gasteiger partial charge in [-0.3, -0.25) is 9.59 Å². The SMILES string of the molecule is COc1ccc2cc1OCCn1cc(nn1)CO[C@H]1CN(C(=O)Cn3nc4ccccc4n3)C[C@@H]1NC2=O. The fourth-order valence-electron chi connectivity index (χ4n) is 4.62. The lowest BCUT2D eigenvalue weighted by molar-refractivity contribution is -0.131. The van der Waals surface area contributed by atoms with Crippen molar-refractivity contribution in [2.24, 2.45) is 0 Å². The van der Waals surface area contributed by atoms with E-state index in [0.717, 1.165) is 11.0 Å². The number of aromatic nitrogens is 6. The van der Waals surface area contributed by atoms with E-state index >= 15 is 0 Å². The minimum atomic E-state index is -0.447. The van der Waals surface area contributed by atoms with E-state index in [1.165, 1.54) is 4.80 Å². The summed E-state index contributed by atoms with van der Waals surface area (Å²) in [4.78, 5) is 29.4. The average molecular weight is 519 g/mol. The molecule has 0 unspecified atom stereocenters. The van der Waals surface area contributed by atoms with Crippen LogP contribution in [0.2, 0.25) is 0 Å². The smallest absolute Gasteiger partial charge is 0.251 e. The number of benzene rings is 2. The highest BCUT2D eigenvalue weighted by Crippen LogP contribution is 2.28. The van der Waals surface area contributed by atoms with Crippen molar-refractivity contribution in [3.63, 3.8) is 0 Å². The van der Waals surface area contributed by atoms with Crippen LogP contribution in [0.25, 0.3) is 11.0 Å². The van der Waals surface area contributed by atoms with Crippen molar-refractivity contribution in [1.29, 1.82) is 0 Å². The summed E-state index contributed by atoms with van der Waals surface area (Å²) in [6, 6.07) is 12.0. The number of nitrogens with one attached hydrogen (secondary N) is 1. The second-order valence-electron chi connectivity index (χ2n) is 9.13. The van der Waals surface area contributed by atoms with Gasteiger partial charge in [0.2, 0.25) is 5.91 Å². The second-order valence-corrected chi connectivity index (χ2v) is 9.13. The van der Waals surface area contributed by atoms with Crippen LogP contribution < -0.4 is 14.8 Å². The number of hydrogen-bond donors (Lipinski definition) is 1. The van der Waals surface area contributed by atoms with Crippen molar-refractivity contribution < 1.29 is 23.8 Å². The third-order valence-corrected chi connectivity index (χ3v) is 6.58. The predicted octanol–water partition coefficient (Wildman–Crippen LogP) is 0.650. The number of ether oxygens (including phenoxy) is 3. The normalized spacial score (nSPS) is 19.7. The van der Waals surface area contributed by atoms with Gasteiger partial charge in [0.1, 0.15) is 29.9 Å². The minimum Gasteiger partial charge on any atom is -0.493 e. The summed E-state index contributed by atoms with van der Waals surface area (Å²) in [7, 11) is 1.54. The quantitative estimate of drug-likeness (QED) is 0.414.